The van der Waals surface area contributed by atoms with Crippen LogP contribution < -0.4 is 4.74 Å². The molecule has 12 aromatic rings. The molecule has 7 nitrogen and oxygen atoms in total. The van der Waals surface area contributed by atoms with E-state index < -0.39 is 0 Å². The van der Waals surface area contributed by atoms with Crippen LogP contribution in [0.2, 0.25) is 0 Å². The highest BCUT2D eigenvalue weighted by Crippen LogP contribution is 2.34. The topological polar surface area (TPSA) is 127 Å². The van der Waals surface area contributed by atoms with E-state index in [1.165, 1.54) is 113 Å². The Labute approximate surface area is 847 Å². The number of para-hydroxylation sites is 1. The zero-order valence-electron chi connectivity index (χ0n) is 90.9. The number of rotatable bonds is 22. The summed E-state index contributed by atoms with van der Waals surface area (Å²) in [6.45, 7) is 69.5. The van der Waals surface area contributed by atoms with Crippen LogP contribution in [0.25, 0.3) is 10.8 Å². The number of ether oxygens (including phenoxy) is 1. The summed E-state index contributed by atoms with van der Waals surface area (Å²) in [4.78, 5) is 1.48. The van der Waals surface area contributed by atoms with Gasteiger partial charge < -0.3 is 29.6 Å². The molecule has 2 heterocycles. The largest absolute Gasteiger partial charge is 0.508 e. The molecule has 1 aliphatic carbocycles. The third kappa shape index (κ3) is 60.5. The molecule has 0 saturated heterocycles. The van der Waals surface area contributed by atoms with Crippen molar-refractivity contribution in [3.63, 3.8) is 0 Å². The molecule has 752 valence electrons. The van der Waals surface area contributed by atoms with Crippen molar-refractivity contribution in [3.8, 4) is 34.8 Å². The highest BCUT2D eigenvalue weighted by atomic mass is 32.1. The SMILES string of the molecule is C=CCCC(C)C(C)C.CC(C)C(C)c1ccccc1.CC(C)C1CCCCC1.CC(C)CCS.CC(C)CCc1ccccc1.CC(C)c1c(O)ccc2ccccc12.CC(C)c1ccc(C#N)cc1.CC(C)c1ccc(O)cc1.CC(C)c1cccc(O)c1.CC(C)c1ccccc1.CC(C)c1ccccc1O.CC(C)c1ccco1.CC(C)c1cccs1.COc1ccc(C(C)C)cc1. The Bertz CT molecular complexity index is 4820. The number of phenols is 4. The molecule has 0 aliphatic heterocycles. The van der Waals surface area contributed by atoms with Crippen molar-refractivity contribution >= 4 is 34.7 Å². The van der Waals surface area contributed by atoms with Gasteiger partial charge in [0.15, 0.2) is 0 Å². The molecule has 0 radical (unpaired) electrons. The molecule has 137 heavy (non-hydrogen) atoms. The van der Waals surface area contributed by atoms with Crippen LogP contribution in [0, 0.1) is 52.8 Å². The summed E-state index contributed by atoms with van der Waals surface area (Å²) in [5, 5.41) is 50.0. The fourth-order valence-corrected chi connectivity index (χ4v) is 14.9. The smallest absolute Gasteiger partial charge is 0.119 e. The van der Waals surface area contributed by atoms with E-state index in [0.29, 0.717) is 82.2 Å². The molecule has 1 aliphatic rings. The number of fused-ring (bicyclic) bond motifs is 1. The number of methoxy groups -OCH3 is 1. The van der Waals surface area contributed by atoms with Gasteiger partial charge in [0.25, 0.3) is 0 Å². The number of aryl methyl sites for hydroxylation is 1. The molecular formula is C128H187NO6S2. The van der Waals surface area contributed by atoms with Crippen LogP contribution >= 0.6 is 24.0 Å². The summed E-state index contributed by atoms with van der Waals surface area (Å²) < 4.78 is 10.1. The number of allylic oxidation sites excluding steroid dienone is 1. The molecule has 2 unspecified atom stereocenters. The maximum Gasteiger partial charge on any atom is 0.119 e. The van der Waals surface area contributed by atoms with E-state index in [0.717, 1.165) is 80.8 Å². The number of thiophene rings is 1. The van der Waals surface area contributed by atoms with Gasteiger partial charge in [-0.05, 0) is 272 Å². The Kier molecular flexibility index (Phi) is 70.4. The molecule has 1 saturated carbocycles. The van der Waals surface area contributed by atoms with E-state index in [2.05, 4.69) is 360 Å². The van der Waals surface area contributed by atoms with Gasteiger partial charge in [0.05, 0.1) is 25.0 Å². The minimum atomic E-state index is 0.337. The van der Waals surface area contributed by atoms with Gasteiger partial charge in [0.2, 0.25) is 0 Å². The Balaban J connectivity index is 0.00000146. The van der Waals surface area contributed by atoms with Gasteiger partial charge in [-0.15, -0.1) is 17.9 Å². The van der Waals surface area contributed by atoms with Crippen LogP contribution in [0.3, 0.4) is 0 Å². The van der Waals surface area contributed by atoms with Crippen molar-refractivity contribution in [2.75, 3.05) is 12.9 Å². The Morgan fingerprint density at radius 1 is 0.416 bits per heavy atom. The summed E-state index contributed by atoms with van der Waals surface area (Å²) in [7, 11) is 1.68. The van der Waals surface area contributed by atoms with Crippen LogP contribution in [0.4, 0.5) is 0 Å². The molecule has 2 atom stereocenters. The van der Waals surface area contributed by atoms with Crippen molar-refractivity contribution in [3.05, 3.63) is 364 Å². The number of benzene rings is 10. The predicted molar refractivity (Wildman–Crippen MR) is 608 cm³/mol. The highest BCUT2D eigenvalue weighted by molar-refractivity contribution is 7.80. The zero-order valence-corrected chi connectivity index (χ0v) is 92.6. The first kappa shape index (κ1) is 127. The average Bonchev–Trinajstić information content (AvgIpc) is 1.32. The van der Waals surface area contributed by atoms with E-state index in [4.69, 9.17) is 24.6 Å². The minimum Gasteiger partial charge on any atom is -0.508 e. The number of thiol groups is 1. The number of aromatic hydroxyl groups is 4. The average molecular weight is 1900 g/mol. The number of nitrogens with zero attached hydrogens (tertiary/aromatic N) is 1. The second kappa shape index (κ2) is 76.0. The predicted octanol–water partition coefficient (Wildman–Crippen LogP) is 40.0. The number of phenolic OH excluding ortho intramolecular Hbond substituents is 4. The van der Waals surface area contributed by atoms with E-state index in [9.17, 15) is 10.2 Å². The van der Waals surface area contributed by atoms with Crippen molar-refractivity contribution < 1.29 is 29.6 Å². The lowest BCUT2D eigenvalue weighted by Crippen LogP contribution is -2.12. The summed E-state index contributed by atoms with van der Waals surface area (Å²) in [5.74, 6) is 16.0. The molecular weight excluding hydrogens is 1710 g/mol. The van der Waals surface area contributed by atoms with E-state index in [-0.39, 0.29) is 0 Å². The Hall–Kier alpha value is -9.98. The third-order valence-corrected chi connectivity index (χ3v) is 25.2. The molecule has 4 N–H and O–H groups in total. The van der Waals surface area contributed by atoms with Gasteiger partial charge >= 0.3 is 0 Å². The third-order valence-electron chi connectivity index (χ3n) is 23.8. The second-order valence-corrected chi connectivity index (χ2v) is 41.7. The van der Waals surface area contributed by atoms with E-state index >= 15 is 0 Å². The fourth-order valence-electron chi connectivity index (χ4n) is 13.6. The Morgan fingerprint density at radius 3 is 1.25 bits per heavy atom. The van der Waals surface area contributed by atoms with Gasteiger partial charge in [-0.25, -0.2) is 0 Å². The lowest BCUT2D eigenvalue weighted by atomic mass is 9.82. The van der Waals surface area contributed by atoms with Gasteiger partial charge in [-0.3, -0.25) is 0 Å². The Morgan fingerprint density at radius 2 is 0.891 bits per heavy atom. The molecule has 0 amide bonds. The lowest BCUT2D eigenvalue weighted by molar-refractivity contribution is 0.279. The summed E-state index contributed by atoms with van der Waals surface area (Å²) in [6.07, 6.45) is 17.4. The highest BCUT2D eigenvalue weighted by Gasteiger charge is 2.17. The first-order valence-electron chi connectivity index (χ1n) is 51.1. The van der Waals surface area contributed by atoms with Crippen molar-refractivity contribution in [2.24, 2.45) is 41.4 Å². The molecule has 10 aromatic carbocycles. The van der Waals surface area contributed by atoms with Crippen LogP contribution in [0.5, 0.6) is 28.7 Å². The van der Waals surface area contributed by atoms with Crippen molar-refractivity contribution in [1.29, 1.82) is 5.26 Å². The first-order chi connectivity index (χ1) is 65.0. The number of nitriles is 1. The van der Waals surface area contributed by atoms with Gasteiger partial charge in [-0.2, -0.15) is 17.9 Å². The van der Waals surface area contributed by atoms with Gasteiger partial charge in [-0.1, -0.05) is 440 Å². The molecule has 13 rings (SSSR count). The maximum atomic E-state index is 9.78. The molecule has 0 spiro atoms. The normalized spacial score (nSPS) is 11.6. The minimum absolute atomic E-state index is 0.337. The quantitative estimate of drug-likeness (QED) is 0.0338. The number of hydrogen-bond donors (Lipinski definition) is 5. The monoisotopic (exact) mass is 1900 g/mol. The molecule has 0 bridgehead atoms. The number of furan rings is 1. The van der Waals surface area contributed by atoms with Crippen LogP contribution in [-0.2, 0) is 6.42 Å². The summed E-state index contributed by atoms with van der Waals surface area (Å²) in [5.41, 5.74) is 12.2. The van der Waals surface area contributed by atoms with E-state index in [1.54, 1.807) is 49.8 Å². The second-order valence-electron chi connectivity index (χ2n) is 40.3. The van der Waals surface area contributed by atoms with E-state index in [1.807, 2.05) is 133 Å². The molecule has 1 fully saturated rings. The number of hydrogen-bond acceptors (Lipinski definition) is 9. The summed E-state index contributed by atoms with van der Waals surface area (Å²) >= 11 is 5.89. The zero-order chi connectivity index (χ0) is 103. The molecule has 9 heteroatoms. The van der Waals surface area contributed by atoms with Crippen LogP contribution in [0.15, 0.2) is 302 Å². The lowest BCUT2D eigenvalue weighted by Gasteiger charge is -2.24. The maximum absolute atomic E-state index is 9.78. The van der Waals surface area contributed by atoms with Crippen molar-refractivity contribution in [2.45, 2.75) is 331 Å². The van der Waals surface area contributed by atoms with Gasteiger partial charge in [0, 0.05) is 16.4 Å². The van der Waals surface area contributed by atoms with Crippen molar-refractivity contribution in [1.82, 2.24) is 0 Å². The summed E-state index contributed by atoms with van der Waals surface area (Å²) in [6, 6.07) is 92.1. The fraction of sp³-hybridized carbons (Fsp3) is 0.461. The molecule has 2 aromatic heterocycles. The van der Waals surface area contributed by atoms with Crippen LogP contribution in [-0.4, -0.2) is 33.3 Å². The van der Waals surface area contributed by atoms with Crippen LogP contribution in [0.1, 0.15) is 391 Å². The first-order valence-corrected chi connectivity index (χ1v) is 52.6. The van der Waals surface area contributed by atoms with Gasteiger partial charge in [0.1, 0.15) is 34.5 Å². The standard InChI is InChI=1S/C13H14O.2C11H16.C10H11N.C10H14O.3C9H12O.C9H18.C9H12.C9H18.C7H10O.C7H10S.C5H12S/c1-9(2)13-11-6-4-3-5-10(11)7-8-12(13)14;1-9(2)10(3)11-7-5-4-6-8-11;1-10(2)8-9-11-6-4-3-5-7-11;1-8(2)10-5-3-9(7-11)4-6-10;1-8(2)9-4-6-10(11-3)7-5-9;1-7(2)8-3-5-9(10)6-4-8;1-7(2)8-4-3-5-9(10)6-8;1-7(2)8-5-3-4-6-9(8)10;2*1-8(2)9-6-4-3-5-7-9;1-5-6-7-9(4)8(2)3;2*1-6(2)7-4-3-5-8-7;1-5(2)3-4-6/h3-9,14H,1-2H3;4-10H,1-3H3;3-7,10H,8-9H2,1-2H3;3-6,8H,1-2H3;4-8H,1-3H3;3*3-7,10H,1-2H3;8-9H,3-7H2,1-2H3;3-8H,1-2H3;5,8-9H,1,6-7H2,2-4H3;2*3-6H,1-2H3;5-6H,3-4H2,1-2H3.